The number of amides is 1. The Kier molecular flexibility index (Phi) is 5.15. The van der Waals surface area contributed by atoms with Crippen LogP contribution in [-0.2, 0) is 11.3 Å². The van der Waals surface area contributed by atoms with Crippen LogP contribution in [0.1, 0.15) is 23.6 Å². The van der Waals surface area contributed by atoms with Gasteiger partial charge in [-0.25, -0.2) is 10.9 Å². The van der Waals surface area contributed by atoms with E-state index in [0.29, 0.717) is 23.8 Å². The van der Waals surface area contributed by atoms with Crippen molar-refractivity contribution in [2.45, 2.75) is 25.0 Å². The second-order valence-electron chi connectivity index (χ2n) is 6.43. The molecule has 138 valence electrons. The highest BCUT2D eigenvalue weighted by Gasteiger charge is 2.30. The van der Waals surface area contributed by atoms with E-state index in [1.165, 1.54) is 0 Å². The van der Waals surface area contributed by atoms with Crippen molar-refractivity contribution in [2.75, 3.05) is 5.32 Å². The van der Waals surface area contributed by atoms with Crippen LogP contribution in [0.2, 0.25) is 5.02 Å². The third-order valence-corrected chi connectivity index (χ3v) is 4.69. The number of nitrogens with one attached hydrogen (secondary N) is 3. The molecule has 3 N–H and O–H groups in total. The lowest BCUT2D eigenvalue weighted by Gasteiger charge is -2.10. The third-order valence-electron chi connectivity index (χ3n) is 4.46. The molecule has 7 nitrogen and oxygen atoms in total. The Hall–Kier alpha value is -2.74. The molecule has 3 heterocycles. The minimum absolute atomic E-state index is 0.0312. The summed E-state index contributed by atoms with van der Waals surface area (Å²) in [5.41, 5.74) is 8.34. The van der Waals surface area contributed by atoms with Gasteiger partial charge in [0.1, 0.15) is 6.04 Å². The first-order valence-electron chi connectivity index (χ1n) is 8.67. The summed E-state index contributed by atoms with van der Waals surface area (Å²) in [7, 11) is 0. The third kappa shape index (κ3) is 4.33. The molecule has 1 saturated heterocycles. The smallest absolute Gasteiger partial charge is 0.244 e. The Labute approximate surface area is 161 Å². The van der Waals surface area contributed by atoms with Gasteiger partial charge in [-0.15, -0.1) is 0 Å². The number of aromatic nitrogens is 3. The zero-order chi connectivity index (χ0) is 18.6. The number of hydrogen-bond donors (Lipinski definition) is 3. The van der Waals surface area contributed by atoms with Gasteiger partial charge >= 0.3 is 0 Å². The van der Waals surface area contributed by atoms with Gasteiger partial charge in [0.05, 0.1) is 6.54 Å². The maximum Gasteiger partial charge on any atom is 0.244 e. The predicted octanol–water partition coefficient (Wildman–Crippen LogP) is 2.53. The number of carbonyl (C=O) groups is 1. The maximum absolute atomic E-state index is 12.5. The van der Waals surface area contributed by atoms with Crippen LogP contribution in [0.15, 0.2) is 61.1 Å². The second kappa shape index (κ2) is 7.87. The standard InChI is InChI=1S/C19H19ClN6O/c20-15-3-1-2-14(10-15)16-11-17(24-23-16)19(27)22-18-6-9-26(25-18)12-13-4-7-21-8-5-13/h1-10,16-17,23-24H,11-12H2,(H,22,25,27). The number of pyridine rings is 1. The molecular weight excluding hydrogens is 364 g/mol. The molecule has 0 bridgehead atoms. The molecule has 4 rings (SSSR count). The molecule has 1 aromatic carbocycles. The van der Waals surface area contributed by atoms with E-state index in [1.807, 2.05) is 42.6 Å². The van der Waals surface area contributed by atoms with Crippen molar-refractivity contribution in [2.24, 2.45) is 0 Å². The Morgan fingerprint density at radius 1 is 1.22 bits per heavy atom. The second-order valence-corrected chi connectivity index (χ2v) is 6.86. The largest absolute Gasteiger partial charge is 0.308 e. The molecule has 0 spiro atoms. The number of halogens is 1. The van der Waals surface area contributed by atoms with Crippen LogP contribution in [0.3, 0.4) is 0 Å². The van der Waals surface area contributed by atoms with Crippen LogP contribution in [-0.4, -0.2) is 26.7 Å². The summed E-state index contributed by atoms with van der Waals surface area (Å²) in [6, 6.07) is 13.0. The topological polar surface area (TPSA) is 83.9 Å². The predicted molar refractivity (Wildman–Crippen MR) is 103 cm³/mol. The summed E-state index contributed by atoms with van der Waals surface area (Å²) in [5, 5.41) is 7.95. The molecule has 2 atom stereocenters. The molecule has 2 aromatic heterocycles. The molecule has 1 aliphatic rings. The minimum atomic E-state index is -0.348. The van der Waals surface area contributed by atoms with E-state index in [2.05, 4.69) is 26.3 Å². The molecule has 3 aromatic rings. The van der Waals surface area contributed by atoms with Crippen molar-refractivity contribution in [3.8, 4) is 0 Å². The highest BCUT2D eigenvalue weighted by atomic mass is 35.5. The van der Waals surface area contributed by atoms with E-state index in [0.717, 1.165) is 11.1 Å². The Bertz CT molecular complexity index is 929. The SMILES string of the molecule is O=C(Nc1ccn(Cc2ccncc2)n1)C1CC(c2cccc(Cl)c2)NN1. The summed E-state index contributed by atoms with van der Waals surface area (Å²) < 4.78 is 1.78. The van der Waals surface area contributed by atoms with Gasteiger partial charge in [0.15, 0.2) is 5.82 Å². The van der Waals surface area contributed by atoms with Crippen molar-refractivity contribution < 1.29 is 4.79 Å². The van der Waals surface area contributed by atoms with Crippen LogP contribution in [0.5, 0.6) is 0 Å². The molecule has 2 unspecified atom stereocenters. The lowest BCUT2D eigenvalue weighted by atomic mass is 10.0. The average molecular weight is 383 g/mol. The van der Waals surface area contributed by atoms with Crippen LogP contribution >= 0.6 is 11.6 Å². The molecule has 0 radical (unpaired) electrons. The Balaban J connectivity index is 1.34. The molecule has 1 amide bonds. The number of carbonyl (C=O) groups excluding carboxylic acids is 1. The van der Waals surface area contributed by atoms with E-state index in [9.17, 15) is 4.79 Å². The van der Waals surface area contributed by atoms with E-state index < -0.39 is 0 Å². The van der Waals surface area contributed by atoms with Crippen LogP contribution < -0.4 is 16.2 Å². The fourth-order valence-electron chi connectivity index (χ4n) is 3.08. The summed E-state index contributed by atoms with van der Waals surface area (Å²) in [5.74, 6) is 0.406. The van der Waals surface area contributed by atoms with E-state index in [1.54, 1.807) is 23.1 Å². The van der Waals surface area contributed by atoms with Gasteiger partial charge in [0.25, 0.3) is 0 Å². The van der Waals surface area contributed by atoms with Gasteiger partial charge < -0.3 is 5.32 Å². The van der Waals surface area contributed by atoms with Crippen molar-refractivity contribution >= 4 is 23.3 Å². The van der Waals surface area contributed by atoms with Crippen LogP contribution in [0.4, 0.5) is 5.82 Å². The van der Waals surface area contributed by atoms with Gasteiger partial charge in [0, 0.05) is 35.7 Å². The van der Waals surface area contributed by atoms with Gasteiger partial charge in [-0.1, -0.05) is 23.7 Å². The molecular formula is C19H19ClN6O. The molecule has 1 aliphatic heterocycles. The molecule has 8 heteroatoms. The zero-order valence-corrected chi connectivity index (χ0v) is 15.2. The number of benzene rings is 1. The fraction of sp³-hybridized carbons (Fsp3) is 0.211. The van der Waals surface area contributed by atoms with Crippen LogP contribution in [0, 0.1) is 0 Å². The van der Waals surface area contributed by atoms with E-state index in [-0.39, 0.29) is 18.0 Å². The lowest BCUT2D eigenvalue weighted by molar-refractivity contribution is -0.117. The van der Waals surface area contributed by atoms with Gasteiger partial charge in [-0.2, -0.15) is 5.10 Å². The molecule has 1 fully saturated rings. The first-order valence-corrected chi connectivity index (χ1v) is 9.05. The zero-order valence-electron chi connectivity index (χ0n) is 14.5. The first-order chi connectivity index (χ1) is 13.2. The van der Waals surface area contributed by atoms with Crippen molar-refractivity contribution in [1.82, 2.24) is 25.6 Å². The van der Waals surface area contributed by atoms with E-state index >= 15 is 0 Å². The highest BCUT2D eigenvalue weighted by molar-refractivity contribution is 6.30. The molecule has 27 heavy (non-hydrogen) atoms. The maximum atomic E-state index is 12.5. The van der Waals surface area contributed by atoms with Gasteiger partial charge in [-0.3, -0.25) is 14.5 Å². The first kappa shape index (κ1) is 17.7. The Morgan fingerprint density at radius 2 is 2.07 bits per heavy atom. The average Bonchev–Trinajstić information content (AvgIpc) is 3.32. The highest BCUT2D eigenvalue weighted by Crippen LogP contribution is 2.25. The van der Waals surface area contributed by atoms with Crippen LogP contribution in [0.25, 0.3) is 0 Å². The monoisotopic (exact) mass is 382 g/mol. The molecule has 0 saturated carbocycles. The number of nitrogens with zero attached hydrogens (tertiary/aromatic N) is 3. The number of anilines is 1. The summed E-state index contributed by atoms with van der Waals surface area (Å²) in [4.78, 5) is 16.5. The number of rotatable bonds is 5. The molecule has 0 aliphatic carbocycles. The summed E-state index contributed by atoms with van der Waals surface area (Å²) in [6.07, 6.45) is 5.96. The van der Waals surface area contributed by atoms with Crippen molar-refractivity contribution in [3.63, 3.8) is 0 Å². The lowest BCUT2D eigenvalue weighted by Crippen LogP contribution is -2.39. The Morgan fingerprint density at radius 3 is 2.89 bits per heavy atom. The van der Waals surface area contributed by atoms with Gasteiger partial charge in [0.2, 0.25) is 5.91 Å². The van der Waals surface area contributed by atoms with Crippen molar-refractivity contribution in [1.29, 1.82) is 0 Å². The fourth-order valence-corrected chi connectivity index (χ4v) is 3.27. The number of hydrazine groups is 1. The number of hydrogen-bond acceptors (Lipinski definition) is 5. The normalized spacial score (nSPS) is 19.1. The summed E-state index contributed by atoms with van der Waals surface area (Å²) in [6.45, 7) is 0.623. The summed E-state index contributed by atoms with van der Waals surface area (Å²) >= 11 is 6.05. The minimum Gasteiger partial charge on any atom is -0.308 e. The van der Waals surface area contributed by atoms with E-state index in [4.69, 9.17) is 11.6 Å². The van der Waals surface area contributed by atoms with Crippen molar-refractivity contribution in [3.05, 3.63) is 77.2 Å². The quantitative estimate of drug-likeness (QED) is 0.631. The van der Waals surface area contributed by atoms with Gasteiger partial charge in [-0.05, 0) is 41.8 Å².